The first kappa shape index (κ1) is 37.0. The van der Waals surface area contributed by atoms with Crippen LogP contribution in [0.15, 0.2) is 0 Å². The van der Waals surface area contributed by atoms with Gasteiger partial charge in [0, 0.05) is 50.1 Å². The van der Waals surface area contributed by atoms with Crippen molar-refractivity contribution in [1.82, 2.24) is 19.6 Å². The topological polar surface area (TPSA) is 134 Å². The van der Waals surface area contributed by atoms with Gasteiger partial charge in [0.25, 0.3) is 11.8 Å². The van der Waals surface area contributed by atoms with Crippen LogP contribution in [0.5, 0.6) is 0 Å². The van der Waals surface area contributed by atoms with Crippen LogP contribution in [0.3, 0.4) is 0 Å². The molecule has 0 spiro atoms. The highest BCUT2D eigenvalue weighted by molar-refractivity contribution is 5.88. The quantitative estimate of drug-likeness (QED) is 0.201. The molecule has 2 saturated heterocycles. The zero-order valence-electron chi connectivity index (χ0n) is 28.0. The molecule has 0 N–H and O–H groups in total. The number of likely N-dealkylation sites (tertiary alicyclic amines) is 2. The van der Waals surface area contributed by atoms with E-state index >= 15 is 0 Å². The smallest absolute Gasteiger partial charge is 0.329 e. The highest BCUT2D eigenvalue weighted by Gasteiger charge is 2.37. The molecule has 0 bridgehead atoms. The number of esters is 2. The zero-order valence-corrected chi connectivity index (χ0v) is 28.0. The Hall–Kier alpha value is -3.18. The largest absolute Gasteiger partial charge is 0.454 e. The van der Waals surface area contributed by atoms with E-state index < -0.39 is 24.0 Å². The molecule has 0 aromatic carbocycles. The van der Waals surface area contributed by atoms with Crippen molar-refractivity contribution < 1.29 is 38.2 Å². The van der Waals surface area contributed by atoms with Crippen LogP contribution in [-0.4, -0.2) is 118 Å². The minimum absolute atomic E-state index is 0.0240. The lowest BCUT2D eigenvalue weighted by molar-refractivity contribution is -0.159. The van der Waals surface area contributed by atoms with Gasteiger partial charge in [-0.3, -0.25) is 19.2 Å². The Morgan fingerprint density at radius 1 is 0.591 bits per heavy atom. The molecule has 2 unspecified atom stereocenters. The van der Waals surface area contributed by atoms with Crippen LogP contribution in [-0.2, 0) is 38.2 Å². The van der Waals surface area contributed by atoms with Gasteiger partial charge in [-0.1, -0.05) is 0 Å². The van der Waals surface area contributed by atoms with Crippen molar-refractivity contribution in [3.05, 3.63) is 0 Å². The van der Waals surface area contributed by atoms with Gasteiger partial charge in [-0.15, -0.1) is 0 Å². The normalized spacial score (nSPS) is 18.4. The molecule has 2 rings (SSSR count). The summed E-state index contributed by atoms with van der Waals surface area (Å²) in [6.07, 6.45) is 3.59. The summed E-state index contributed by atoms with van der Waals surface area (Å²) in [5.74, 6) is -2.04. The third-order valence-electron chi connectivity index (χ3n) is 8.20. The predicted molar refractivity (Wildman–Crippen MR) is 164 cm³/mol. The number of carbonyl (C=O) groups is 6. The Balaban J connectivity index is 1.79. The number of carbonyl (C=O) groups excluding carboxylic acids is 6. The number of rotatable bonds is 15. The third-order valence-corrected chi connectivity index (χ3v) is 8.20. The molecule has 2 fully saturated rings. The highest BCUT2D eigenvalue weighted by atomic mass is 16.5. The van der Waals surface area contributed by atoms with Crippen LogP contribution in [0.2, 0.25) is 0 Å². The molecule has 250 valence electrons. The molecule has 44 heavy (non-hydrogen) atoms. The number of ether oxygens (including phenoxy) is 2. The fourth-order valence-electron chi connectivity index (χ4n) is 6.41. The molecule has 4 amide bonds. The number of hydrogen-bond acceptors (Lipinski definition) is 8. The molecule has 2 aliphatic heterocycles. The van der Waals surface area contributed by atoms with Gasteiger partial charge in [0.05, 0.1) is 0 Å². The molecule has 2 aliphatic rings. The fraction of sp³-hybridized carbons (Fsp3) is 0.812. The summed E-state index contributed by atoms with van der Waals surface area (Å²) in [7, 11) is 0. The van der Waals surface area contributed by atoms with Gasteiger partial charge in [0.2, 0.25) is 11.8 Å². The summed E-state index contributed by atoms with van der Waals surface area (Å²) in [4.78, 5) is 82.9. The monoisotopic (exact) mass is 622 g/mol. The second-order valence-electron chi connectivity index (χ2n) is 12.9. The summed E-state index contributed by atoms with van der Waals surface area (Å²) in [6, 6.07) is -1.51. The minimum atomic E-state index is -0.708. The second kappa shape index (κ2) is 17.3. The van der Waals surface area contributed by atoms with Crippen molar-refractivity contribution in [1.29, 1.82) is 0 Å². The maximum atomic E-state index is 12.9. The van der Waals surface area contributed by atoms with Crippen molar-refractivity contribution in [2.24, 2.45) is 0 Å². The molecule has 2 heterocycles. The molecule has 0 saturated carbocycles. The van der Waals surface area contributed by atoms with Gasteiger partial charge in [-0.05, 0) is 93.9 Å². The number of nitrogens with zero attached hydrogens (tertiary/aromatic N) is 4. The van der Waals surface area contributed by atoms with Gasteiger partial charge in [0.1, 0.15) is 12.1 Å². The van der Waals surface area contributed by atoms with Crippen molar-refractivity contribution in [2.45, 2.75) is 143 Å². The van der Waals surface area contributed by atoms with Crippen LogP contribution in [0, 0.1) is 0 Å². The SMILES string of the molecule is CC(C)N(C(=O)COC(=O)C1CCCN1C(=O)CCCCC(=O)N1CCCC1C(=O)OCC(=O)N(C(C)C)C(C)C)C(C)C. The predicted octanol–water partition coefficient (Wildman–Crippen LogP) is 2.91. The van der Waals surface area contributed by atoms with Gasteiger partial charge >= 0.3 is 11.9 Å². The van der Waals surface area contributed by atoms with E-state index in [9.17, 15) is 28.8 Å². The lowest BCUT2D eigenvalue weighted by atomic mass is 10.1. The molecule has 0 aromatic rings. The number of hydrogen-bond donors (Lipinski definition) is 0. The zero-order chi connectivity index (χ0) is 33.1. The van der Waals surface area contributed by atoms with Crippen molar-refractivity contribution in [2.75, 3.05) is 26.3 Å². The lowest BCUT2D eigenvalue weighted by Gasteiger charge is -2.31. The van der Waals surface area contributed by atoms with Crippen molar-refractivity contribution in [3.8, 4) is 0 Å². The van der Waals surface area contributed by atoms with Gasteiger partial charge in [-0.25, -0.2) is 9.59 Å². The number of amides is 4. The first-order valence-corrected chi connectivity index (χ1v) is 16.2. The summed E-state index contributed by atoms with van der Waals surface area (Å²) in [6.45, 7) is 15.4. The van der Waals surface area contributed by atoms with E-state index in [2.05, 4.69) is 0 Å². The van der Waals surface area contributed by atoms with Crippen LogP contribution in [0.25, 0.3) is 0 Å². The summed E-state index contributed by atoms with van der Waals surface area (Å²) >= 11 is 0. The van der Waals surface area contributed by atoms with Gasteiger partial charge < -0.3 is 29.1 Å². The van der Waals surface area contributed by atoms with E-state index in [0.717, 1.165) is 0 Å². The molecular weight excluding hydrogens is 568 g/mol. The van der Waals surface area contributed by atoms with E-state index in [1.165, 1.54) is 9.80 Å². The Bertz CT molecular complexity index is 932. The second-order valence-corrected chi connectivity index (χ2v) is 12.9. The van der Waals surface area contributed by atoms with E-state index in [0.29, 0.717) is 51.6 Å². The maximum Gasteiger partial charge on any atom is 0.329 e. The number of unbranched alkanes of at least 4 members (excludes halogenated alkanes) is 1. The summed E-state index contributed by atoms with van der Waals surface area (Å²) in [5, 5.41) is 0. The third kappa shape index (κ3) is 10.2. The average Bonchev–Trinajstić information content (AvgIpc) is 3.62. The first-order chi connectivity index (χ1) is 20.7. The molecule has 2 atom stereocenters. The Morgan fingerprint density at radius 2 is 0.909 bits per heavy atom. The standard InChI is InChI=1S/C32H54N4O8/c1-21(2)35(22(3)4)29(39)19-43-31(41)25-13-11-17-33(25)27(37)15-9-10-16-28(38)34-18-12-14-26(34)32(42)44-20-30(40)36(23(5)6)24(7)8/h21-26H,9-20H2,1-8H3. The Kier molecular flexibility index (Phi) is 14.6. The van der Waals surface area contributed by atoms with Crippen molar-refractivity contribution >= 4 is 35.6 Å². The summed E-state index contributed by atoms with van der Waals surface area (Å²) in [5.41, 5.74) is 0. The lowest BCUT2D eigenvalue weighted by Crippen LogP contribution is -2.46. The Morgan fingerprint density at radius 3 is 1.20 bits per heavy atom. The van der Waals surface area contributed by atoms with Crippen molar-refractivity contribution in [3.63, 3.8) is 0 Å². The van der Waals surface area contributed by atoms with Crippen LogP contribution < -0.4 is 0 Å². The first-order valence-electron chi connectivity index (χ1n) is 16.2. The summed E-state index contributed by atoms with van der Waals surface area (Å²) < 4.78 is 10.6. The molecule has 12 heteroatoms. The fourth-order valence-corrected chi connectivity index (χ4v) is 6.41. The molecule has 0 aliphatic carbocycles. The molecular formula is C32H54N4O8. The maximum absolute atomic E-state index is 12.9. The Labute approximate surface area is 262 Å². The van der Waals surface area contributed by atoms with Gasteiger partial charge in [0.15, 0.2) is 13.2 Å². The highest BCUT2D eigenvalue weighted by Crippen LogP contribution is 2.23. The molecule has 0 aromatic heterocycles. The van der Waals surface area contributed by atoms with Gasteiger partial charge in [-0.2, -0.15) is 0 Å². The van der Waals surface area contributed by atoms with Crippen LogP contribution in [0.4, 0.5) is 0 Å². The average molecular weight is 623 g/mol. The van der Waals surface area contributed by atoms with E-state index in [1.807, 2.05) is 55.4 Å². The molecule has 0 radical (unpaired) electrons. The van der Waals surface area contributed by atoms with E-state index in [1.54, 1.807) is 9.80 Å². The molecule has 12 nitrogen and oxygen atoms in total. The van der Waals surface area contributed by atoms with E-state index in [-0.39, 0.29) is 73.9 Å². The van der Waals surface area contributed by atoms with Crippen LogP contribution >= 0.6 is 0 Å². The van der Waals surface area contributed by atoms with Crippen LogP contribution in [0.1, 0.15) is 107 Å². The van der Waals surface area contributed by atoms with E-state index in [4.69, 9.17) is 9.47 Å². The minimum Gasteiger partial charge on any atom is -0.454 e.